The fourth-order valence-electron chi connectivity index (χ4n) is 1.14. The molecule has 1 atom stereocenters. The number of nitrogens with two attached hydrogens (primary N) is 1. The Morgan fingerprint density at radius 3 is 2.63 bits per heavy atom. The Kier molecular flexibility index (Phi) is 8.64. The van der Waals surface area contributed by atoms with Crippen molar-refractivity contribution in [3.8, 4) is 0 Å². The molecule has 0 aromatic carbocycles. The number of carboxylic acid groups (broad SMARTS) is 1. The molecule has 0 saturated carbocycles. The molecule has 108 valence electrons. The third-order valence-electron chi connectivity index (χ3n) is 2.05. The molecule has 0 aromatic heterocycles. The summed E-state index contributed by atoms with van der Waals surface area (Å²) in [4.78, 5) is 34.6. The number of carbonyl (C=O) groups excluding carboxylic acids is 2. The molecule has 7 nitrogen and oxygen atoms in total. The number of rotatable bonds is 8. The Hall–Kier alpha value is -1.54. The van der Waals surface area contributed by atoms with Crippen molar-refractivity contribution in [2.45, 2.75) is 12.5 Å². The molecule has 0 heterocycles. The molecule has 0 aromatic rings. The van der Waals surface area contributed by atoms with Crippen LogP contribution in [0.2, 0.25) is 0 Å². The number of thioether (sulfide) groups is 1. The van der Waals surface area contributed by atoms with Crippen LogP contribution in [0.3, 0.4) is 0 Å². The number of hydrogen-bond acceptors (Lipinski definition) is 6. The molecule has 8 heteroatoms. The Labute approximate surface area is 115 Å². The minimum absolute atomic E-state index is 0.109. The lowest BCUT2D eigenvalue weighted by Gasteiger charge is -2.21. The molecule has 19 heavy (non-hydrogen) atoms. The Bertz CT molecular complexity index is 348. The highest BCUT2D eigenvalue weighted by Crippen LogP contribution is 2.04. The molecule has 0 fully saturated rings. The van der Waals surface area contributed by atoms with Crippen molar-refractivity contribution in [2.24, 2.45) is 5.73 Å². The van der Waals surface area contributed by atoms with Crippen LogP contribution in [0.5, 0.6) is 0 Å². The maximum absolute atomic E-state index is 11.9. The number of aliphatic carboxylic acids is 1. The van der Waals surface area contributed by atoms with E-state index in [1.165, 1.54) is 17.8 Å². The zero-order valence-electron chi connectivity index (χ0n) is 10.7. The maximum atomic E-state index is 11.9. The first kappa shape index (κ1) is 17.5. The smallest absolute Gasteiger partial charge is 0.417 e. The van der Waals surface area contributed by atoms with Gasteiger partial charge < -0.3 is 15.6 Å². The van der Waals surface area contributed by atoms with Gasteiger partial charge in [-0.25, -0.2) is 9.69 Å². The summed E-state index contributed by atoms with van der Waals surface area (Å²) in [7, 11) is 0. The lowest BCUT2D eigenvalue weighted by molar-refractivity contribution is -0.143. The molecule has 0 aliphatic heterocycles. The van der Waals surface area contributed by atoms with Crippen LogP contribution in [0.15, 0.2) is 12.7 Å². The van der Waals surface area contributed by atoms with E-state index in [-0.39, 0.29) is 6.61 Å². The third kappa shape index (κ3) is 6.82. The monoisotopic (exact) mass is 290 g/mol. The third-order valence-corrected chi connectivity index (χ3v) is 2.70. The number of amides is 2. The lowest BCUT2D eigenvalue weighted by atomic mass is 10.2. The molecule has 0 saturated heterocycles. The predicted octanol–water partition coefficient (Wildman–Crippen LogP) is 0.303. The van der Waals surface area contributed by atoms with Crippen LogP contribution < -0.4 is 5.73 Å². The zero-order chi connectivity index (χ0) is 14.8. The second kappa shape index (κ2) is 9.40. The molecule has 2 amide bonds. The van der Waals surface area contributed by atoms with Crippen LogP contribution in [0.25, 0.3) is 0 Å². The van der Waals surface area contributed by atoms with Gasteiger partial charge in [-0.05, 0) is 18.4 Å². The number of imide groups is 1. The highest BCUT2D eigenvalue weighted by molar-refractivity contribution is 7.98. The van der Waals surface area contributed by atoms with Gasteiger partial charge in [0.15, 0.2) is 0 Å². The van der Waals surface area contributed by atoms with E-state index in [0.29, 0.717) is 17.1 Å². The van der Waals surface area contributed by atoms with Crippen LogP contribution in [-0.2, 0) is 14.3 Å². The van der Waals surface area contributed by atoms with E-state index in [2.05, 4.69) is 11.3 Å². The molecule has 0 aliphatic rings. The minimum atomic E-state index is -1.32. The summed E-state index contributed by atoms with van der Waals surface area (Å²) >= 11 is 1.50. The van der Waals surface area contributed by atoms with E-state index >= 15 is 0 Å². The number of carboxylic acids is 1. The van der Waals surface area contributed by atoms with Crippen LogP contribution in [0, 0.1) is 0 Å². The standard InChI is InChI=1S/C11H18N2O5S/c1-3-5-18-11(17)13(7-9(14)15)10(16)8(12)4-6-19-2/h3,8H,1,4-7,12H2,2H3,(H,14,15)/t8-/m0/s1. The van der Waals surface area contributed by atoms with Gasteiger partial charge in [0.05, 0.1) is 6.04 Å². The van der Waals surface area contributed by atoms with E-state index in [0.717, 1.165) is 0 Å². The van der Waals surface area contributed by atoms with E-state index in [1.54, 1.807) is 0 Å². The molecule has 0 bridgehead atoms. The maximum Gasteiger partial charge on any atom is 0.417 e. The second-order valence-corrected chi connectivity index (χ2v) is 4.56. The minimum Gasteiger partial charge on any atom is -0.480 e. The average molecular weight is 290 g/mol. The lowest BCUT2D eigenvalue weighted by Crippen LogP contribution is -2.49. The fourth-order valence-corrected chi connectivity index (χ4v) is 1.63. The Morgan fingerprint density at radius 2 is 2.16 bits per heavy atom. The molecule has 0 rings (SSSR count). The second-order valence-electron chi connectivity index (χ2n) is 3.57. The van der Waals surface area contributed by atoms with Gasteiger partial charge in [-0.2, -0.15) is 11.8 Å². The summed E-state index contributed by atoms with van der Waals surface area (Å²) in [6.45, 7) is 2.46. The van der Waals surface area contributed by atoms with Gasteiger partial charge in [0.25, 0.3) is 0 Å². The highest BCUT2D eigenvalue weighted by atomic mass is 32.2. The topological polar surface area (TPSA) is 110 Å². The Balaban J connectivity index is 4.71. The van der Waals surface area contributed by atoms with Crippen LogP contribution in [-0.4, -0.2) is 59.2 Å². The van der Waals surface area contributed by atoms with Gasteiger partial charge in [-0.15, -0.1) is 0 Å². The number of hydrogen-bond donors (Lipinski definition) is 2. The van der Waals surface area contributed by atoms with Crippen molar-refractivity contribution in [3.05, 3.63) is 12.7 Å². The summed E-state index contributed by atoms with van der Waals surface area (Å²) in [6.07, 6.45) is 2.48. The number of ether oxygens (including phenoxy) is 1. The van der Waals surface area contributed by atoms with Gasteiger partial charge in [-0.3, -0.25) is 9.59 Å². The quantitative estimate of drug-likeness (QED) is 0.619. The van der Waals surface area contributed by atoms with Crippen molar-refractivity contribution in [1.82, 2.24) is 4.90 Å². The van der Waals surface area contributed by atoms with Gasteiger partial charge in [-0.1, -0.05) is 12.7 Å². The first-order valence-electron chi connectivity index (χ1n) is 5.49. The van der Waals surface area contributed by atoms with E-state index in [1.807, 2.05) is 6.26 Å². The van der Waals surface area contributed by atoms with Gasteiger partial charge in [0, 0.05) is 0 Å². The van der Waals surface area contributed by atoms with Crippen LogP contribution in [0.4, 0.5) is 4.79 Å². The van der Waals surface area contributed by atoms with Crippen molar-refractivity contribution in [3.63, 3.8) is 0 Å². The van der Waals surface area contributed by atoms with Crippen molar-refractivity contribution in [2.75, 3.05) is 25.2 Å². The van der Waals surface area contributed by atoms with E-state index < -0.39 is 30.6 Å². The van der Waals surface area contributed by atoms with Crippen LogP contribution in [0.1, 0.15) is 6.42 Å². The molecular formula is C11H18N2O5S. The summed E-state index contributed by atoms with van der Waals surface area (Å²) in [5, 5.41) is 8.70. The normalized spacial score (nSPS) is 11.5. The van der Waals surface area contributed by atoms with Gasteiger partial charge in [0.1, 0.15) is 13.2 Å². The zero-order valence-corrected chi connectivity index (χ0v) is 11.5. The van der Waals surface area contributed by atoms with Gasteiger partial charge >= 0.3 is 12.1 Å². The van der Waals surface area contributed by atoms with Crippen molar-refractivity contribution < 1.29 is 24.2 Å². The predicted molar refractivity (Wildman–Crippen MR) is 71.9 cm³/mol. The molecule has 3 N–H and O–H groups in total. The molecular weight excluding hydrogens is 272 g/mol. The summed E-state index contributed by atoms with van der Waals surface area (Å²) in [5.74, 6) is -1.44. The molecule has 0 unspecified atom stereocenters. The number of carbonyl (C=O) groups is 3. The fraction of sp³-hybridized carbons (Fsp3) is 0.545. The summed E-state index contributed by atoms with van der Waals surface area (Å²) < 4.78 is 4.65. The summed E-state index contributed by atoms with van der Waals surface area (Å²) in [6, 6.07) is -0.928. The SMILES string of the molecule is C=CCOC(=O)N(CC(=O)O)C(=O)[C@@H](N)CCSC. The molecule has 0 aliphatic carbocycles. The van der Waals surface area contributed by atoms with E-state index in [9.17, 15) is 14.4 Å². The van der Waals surface area contributed by atoms with Crippen molar-refractivity contribution in [1.29, 1.82) is 0 Å². The first-order valence-corrected chi connectivity index (χ1v) is 6.88. The van der Waals surface area contributed by atoms with Crippen molar-refractivity contribution >= 4 is 29.7 Å². The Morgan fingerprint density at radius 1 is 1.53 bits per heavy atom. The largest absolute Gasteiger partial charge is 0.480 e. The van der Waals surface area contributed by atoms with E-state index in [4.69, 9.17) is 10.8 Å². The summed E-state index contributed by atoms with van der Waals surface area (Å²) in [5.41, 5.74) is 5.62. The van der Waals surface area contributed by atoms with Crippen LogP contribution >= 0.6 is 11.8 Å². The first-order chi connectivity index (χ1) is 8.93. The average Bonchev–Trinajstić information content (AvgIpc) is 2.38. The number of nitrogens with zero attached hydrogens (tertiary/aromatic N) is 1. The van der Waals surface area contributed by atoms with Gasteiger partial charge in [0.2, 0.25) is 5.91 Å². The highest BCUT2D eigenvalue weighted by Gasteiger charge is 2.29. The molecule has 0 spiro atoms. The molecule has 0 radical (unpaired) electrons.